The predicted molar refractivity (Wildman–Crippen MR) is 101 cm³/mol. The van der Waals surface area contributed by atoms with Crippen LogP contribution < -0.4 is 15.8 Å². The molecule has 0 aliphatic rings. The van der Waals surface area contributed by atoms with Crippen molar-refractivity contribution in [2.75, 3.05) is 6.54 Å². The standard InChI is InChI=1S/C18H19N3O4S/c1-13-6-8-14(9-7-13)12-26(24,25)19-10-11-21-16-5-3-2-4-15(16)20-17(22)18(21)23/h2-9,19H,10-12H2,1H3,(H,20,22). The van der Waals surface area contributed by atoms with Gasteiger partial charge in [-0.2, -0.15) is 0 Å². The van der Waals surface area contributed by atoms with E-state index in [1.165, 1.54) is 4.57 Å². The van der Waals surface area contributed by atoms with Gasteiger partial charge in [0.1, 0.15) is 0 Å². The van der Waals surface area contributed by atoms with Crippen LogP contribution in [0.15, 0.2) is 58.1 Å². The summed E-state index contributed by atoms with van der Waals surface area (Å²) in [6.07, 6.45) is 0. The van der Waals surface area contributed by atoms with Crippen LogP contribution in [0, 0.1) is 6.92 Å². The Morgan fingerprint density at radius 3 is 2.46 bits per heavy atom. The van der Waals surface area contributed by atoms with Gasteiger partial charge in [-0.25, -0.2) is 13.1 Å². The molecule has 0 amide bonds. The number of aromatic nitrogens is 2. The smallest absolute Gasteiger partial charge is 0.316 e. The largest absolute Gasteiger partial charge is 0.316 e. The number of hydrogen-bond acceptors (Lipinski definition) is 4. The van der Waals surface area contributed by atoms with Crippen LogP contribution >= 0.6 is 0 Å². The van der Waals surface area contributed by atoms with Gasteiger partial charge in [0.15, 0.2) is 0 Å². The minimum Gasteiger partial charge on any atom is -0.316 e. The molecule has 0 atom stereocenters. The van der Waals surface area contributed by atoms with Crippen molar-refractivity contribution in [1.29, 1.82) is 0 Å². The van der Waals surface area contributed by atoms with E-state index in [4.69, 9.17) is 0 Å². The molecule has 0 aliphatic heterocycles. The fraction of sp³-hybridized carbons (Fsp3) is 0.222. The number of aromatic amines is 1. The lowest BCUT2D eigenvalue weighted by Crippen LogP contribution is -2.39. The number of nitrogens with zero attached hydrogens (tertiary/aromatic N) is 1. The Balaban J connectivity index is 1.74. The van der Waals surface area contributed by atoms with Gasteiger partial charge in [0.05, 0.1) is 16.8 Å². The highest BCUT2D eigenvalue weighted by Gasteiger charge is 2.12. The van der Waals surface area contributed by atoms with Gasteiger partial charge in [0.2, 0.25) is 10.0 Å². The minimum absolute atomic E-state index is 0.0154. The first kappa shape index (κ1) is 18.1. The fourth-order valence-electron chi connectivity index (χ4n) is 2.71. The number of sulfonamides is 1. The Kier molecular flexibility index (Phi) is 5.06. The van der Waals surface area contributed by atoms with E-state index in [-0.39, 0.29) is 18.8 Å². The maximum absolute atomic E-state index is 12.2. The van der Waals surface area contributed by atoms with E-state index in [9.17, 15) is 18.0 Å². The maximum atomic E-state index is 12.2. The first-order valence-electron chi connectivity index (χ1n) is 8.10. The summed E-state index contributed by atoms with van der Waals surface area (Å²) in [6.45, 7) is 2.01. The molecule has 0 saturated heterocycles. The van der Waals surface area contributed by atoms with Crippen LogP contribution in [-0.4, -0.2) is 24.5 Å². The van der Waals surface area contributed by atoms with E-state index in [1.807, 2.05) is 19.1 Å². The van der Waals surface area contributed by atoms with Crippen molar-refractivity contribution in [2.45, 2.75) is 19.2 Å². The highest BCUT2D eigenvalue weighted by Crippen LogP contribution is 2.08. The second-order valence-corrected chi connectivity index (χ2v) is 7.87. The average Bonchev–Trinajstić information content (AvgIpc) is 2.60. The Morgan fingerprint density at radius 2 is 1.73 bits per heavy atom. The van der Waals surface area contributed by atoms with Crippen molar-refractivity contribution in [3.05, 3.63) is 80.4 Å². The van der Waals surface area contributed by atoms with Crippen LogP contribution in [0.3, 0.4) is 0 Å². The topological polar surface area (TPSA) is 101 Å². The SMILES string of the molecule is Cc1ccc(CS(=O)(=O)NCCn2c(=O)c(=O)[nH]c3ccccc32)cc1. The molecule has 2 aromatic carbocycles. The van der Waals surface area contributed by atoms with Crippen LogP contribution in [0.5, 0.6) is 0 Å². The summed E-state index contributed by atoms with van der Waals surface area (Å²) >= 11 is 0. The molecule has 0 bridgehead atoms. The number of nitrogens with one attached hydrogen (secondary N) is 2. The fourth-order valence-corrected chi connectivity index (χ4v) is 3.85. The van der Waals surface area contributed by atoms with E-state index in [2.05, 4.69) is 9.71 Å². The third-order valence-electron chi connectivity index (χ3n) is 4.02. The normalized spacial score (nSPS) is 11.7. The monoisotopic (exact) mass is 373 g/mol. The summed E-state index contributed by atoms with van der Waals surface area (Å²) < 4.78 is 28.2. The summed E-state index contributed by atoms with van der Waals surface area (Å²) in [5.74, 6) is -0.141. The third-order valence-corrected chi connectivity index (χ3v) is 5.37. The zero-order valence-electron chi connectivity index (χ0n) is 14.2. The lowest BCUT2D eigenvalue weighted by molar-refractivity contribution is 0.571. The molecule has 0 spiro atoms. The van der Waals surface area contributed by atoms with E-state index < -0.39 is 21.1 Å². The van der Waals surface area contributed by atoms with Gasteiger partial charge in [-0.15, -0.1) is 0 Å². The first-order chi connectivity index (χ1) is 12.4. The number of rotatable bonds is 6. The van der Waals surface area contributed by atoms with Gasteiger partial charge in [-0.05, 0) is 24.6 Å². The summed E-state index contributed by atoms with van der Waals surface area (Å²) in [5, 5.41) is 0. The highest BCUT2D eigenvalue weighted by atomic mass is 32.2. The van der Waals surface area contributed by atoms with Gasteiger partial charge < -0.3 is 9.55 Å². The molecule has 136 valence electrons. The van der Waals surface area contributed by atoms with Gasteiger partial charge >= 0.3 is 11.1 Å². The molecule has 0 unspecified atom stereocenters. The number of benzene rings is 2. The van der Waals surface area contributed by atoms with Crippen LogP contribution in [0.25, 0.3) is 11.0 Å². The molecular weight excluding hydrogens is 354 g/mol. The van der Waals surface area contributed by atoms with Crippen LogP contribution in [0.1, 0.15) is 11.1 Å². The van der Waals surface area contributed by atoms with Crippen LogP contribution in [0.2, 0.25) is 0 Å². The van der Waals surface area contributed by atoms with Crippen molar-refractivity contribution in [3.63, 3.8) is 0 Å². The van der Waals surface area contributed by atoms with Crippen molar-refractivity contribution in [2.24, 2.45) is 0 Å². The van der Waals surface area contributed by atoms with E-state index in [0.717, 1.165) is 5.56 Å². The van der Waals surface area contributed by atoms with Gasteiger partial charge in [-0.3, -0.25) is 9.59 Å². The van der Waals surface area contributed by atoms with E-state index in [0.29, 0.717) is 16.6 Å². The van der Waals surface area contributed by atoms with Crippen molar-refractivity contribution in [1.82, 2.24) is 14.3 Å². The molecule has 26 heavy (non-hydrogen) atoms. The Morgan fingerprint density at radius 1 is 1.04 bits per heavy atom. The second-order valence-electron chi connectivity index (χ2n) is 6.07. The summed E-state index contributed by atoms with van der Waals surface area (Å²) in [7, 11) is -3.55. The second kappa shape index (κ2) is 7.27. The summed E-state index contributed by atoms with van der Waals surface area (Å²) in [4.78, 5) is 26.4. The minimum atomic E-state index is -3.55. The number of para-hydroxylation sites is 2. The average molecular weight is 373 g/mol. The first-order valence-corrected chi connectivity index (χ1v) is 9.76. The van der Waals surface area contributed by atoms with Gasteiger partial charge in [-0.1, -0.05) is 42.0 Å². The van der Waals surface area contributed by atoms with Crippen molar-refractivity contribution in [3.8, 4) is 0 Å². The molecule has 8 heteroatoms. The molecule has 7 nitrogen and oxygen atoms in total. The summed E-state index contributed by atoms with van der Waals surface area (Å²) in [5.41, 5.74) is 1.38. The molecule has 3 rings (SSSR count). The molecule has 1 heterocycles. The Hall–Kier alpha value is -2.71. The van der Waals surface area contributed by atoms with Gasteiger partial charge in [0.25, 0.3) is 0 Å². The maximum Gasteiger partial charge on any atom is 0.316 e. The van der Waals surface area contributed by atoms with Crippen LogP contribution in [0.4, 0.5) is 0 Å². The lowest BCUT2D eigenvalue weighted by atomic mass is 10.2. The number of H-pyrrole nitrogens is 1. The zero-order chi connectivity index (χ0) is 18.7. The molecule has 2 N–H and O–H groups in total. The molecule has 0 aliphatic carbocycles. The number of fused-ring (bicyclic) bond motifs is 1. The van der Waals surface area contributed by atoms with E-state index >= 15 is 0 Å². The number of aryl methyl sites for hydroxylation is 1. The Bertz CT molecular complexity index is 1150. The Labute approximate surface area is 150 Å². The summed E-state index contributed by atoms with van der Waals surface area (Å²) in [6, 6.07) is 14.1. The van der Waals surface area contributed by atoms with Crippen LogP contribution in [-0.2, 0) is 22.3 Å². The zero-order valence-corrected chi connectivity index (χ0v) is 15.0. The quantitative estimate of drug-likeness (QED) is 0.632. The molecule has 0 saturated carbocycles. The molecule has 3 aromatic rings. The molecule has 0 radical (unpaired) electrons. The molecular formula is C18H19N3O4S. The predicted octanol–water partition coefficient (Wildman–Crippen LogP) is 1.12. The van der Waals surface area contributed by atoms with Gasteiger partial charge in [0, 0.05) is 13.1 Å². The van der Waals surface area contributed by atoms with Crippen molar-refractivity contribution >= 4 is 21.1 Å². The molecule has 1 aromatic heterocycles. The highest BCUT2D eigenvalue weighted by molar-refractivity contribution is 7.88. The van der Waals surface area contributed by atoms with Crippen molar-refractivity contribution < 1.29 is 8.42 Å². The van der Waals surface area contributed by atoms with E-state index in [1.54, 1.807) is 36.4 Å². The molecule has 0 fully saturated rings. The third kappa shape index (κ3) is 4.09. The number of hydrogen-bond donors (Lipinski definition) is 2. The lowest BCUT2D eigenvalue weighted by Gasteiger charge is -2.11.